The van der Waals surface area contributed by atoms with Crippen molar-refractivity contribution in [1.29, 1.82) is 0 Å². The van der Waals surface area contributed by atoms with Crippen molar-refractivity contribution in [3.63, 3.8) is 0 Å². The van der Waals surface area contributed by atoms with Crippen molar-refractivity contribution >= 4 is 12.0 Å². The molecule has 1 aliphatic rings. The molecule has 0 spiro atoms. The highest BCUT2D eigenvalue weighted by atomic mass is 19.4. The molecule has 0 radical (unpaired) electrons. The largest absolute Gasteiger partial charge is 0.416 e. The van der Waals surface area contributed by atoms with Crippen LogP contribution in [0.3, 0.4) is 0 Å². The molecule has 1 aromatic carbocycles. The maximum absolute atomic E-state index is 12.3. The Bertz CT molecular complexity index is 460. The molecule has 1 amide bonds. The van der Waals surface area contributed by atoms with Crippen LogP contribution in [0.2, 0.25) is 0 Å². The molecule has 1 aliphatic heterocycles. The summed E-state index contributed by atoms with van der Waals surface area (Å²) < 4.78 is 36.9. The Balaban J connectivity index is 2.22. The van der Waals surface area contributed by atoms with Gasteiger partial charge in [-0.2, -0.15) is 13.2 Å². The summed E-state index contributed by atoms with van der Waals surface area (Å²) in [5.41, 5.74) is 0.519. The predicted molar refractivity (Wildman–Crippen MR) is 57.0 cm³/mol. The van der Waals surface area contributed by atoms with Gasteiger partial charge >= 0.3 is 6.18 Å². The number of alkyl halides is 3. The summed E-state index contributed by atoms with van der Waals surface area (Å²) in [6.45, 7) is 0.589. The van der Waals surface area contributed by atoms with Gasteiger partial charge in [-0.25, -0.2) is 0 Å². The normalized spacial score (nSPS) is 18.5. The average Bonchev–Trinajstić information content (AvgIpc) is 2.64. The molecule has 2 nitrogen and oxygen atoms in total. The fraction of sp³-hybridized carbons (Fsp3) is 0.250. The molecule has 0 unspecified atom stereocenters. The second kappa shape index (κ2) is 4.24. The zero-order valence-corrected chi connectivity index (χ0v) is 8.84. The minimum Gasteiger partial charge on any atom is -0.352 e. The molecular weight excluding hydrogens is 231 g/mol. The van der Waals surface area contributed by atoms with E-state index < -0.39 is 11.7 Å². The lowest BCUT2D eigenvalue weighted by molar-refractivity contribution is -0.137. The molecule has 1 saturated heterocycles. The van der Waals surface area contributed by atoms with Crippen LogP contribution in [0.5, 0.6) is 0 Å². The van der Waals surface area contributed by atoms with E-state index in [2.05, 4.69) is 5.32 Å². The van der Waals surface area contributed by atoms with E-state index in [4.69, 9.17) is 0 Å². The third-order valence-corrected chi connectivity index (χ3v) is 2.55. The van der Waals surface area contributed by atoms with Crippen LogP contribution in [0.15, 0.2) is 29.8 Å². The summed E-state index contributed by atoms with van der Waals surface area (Å²) in [6.07, 6.45) is -2.10. The van der Waals surface area contributed by atoms with Crippen LogP contribution >= 0.6 is 0 Å². The zero-order valence-electron chi connectivity index (χ0n) is 8.84. The highest BCUT2D eigenvalue weighted by molar-refractivity contribution is 5.99. The fourth-order valence-corrected chi connectivity index (χ4v) is 1.64. The van der Waals surface area contributed by atoms with Crippen molar-refractivity contribution in [2.75, 3.05) is 6.54 Å². The first-order valence-corrected chi connectivity index (χ1v) is 5.13. The SMILES string of the molecule is O=C1NCCC1=Cc1ccc(C(F)(F)F)cc1. The summed E-state index contributed by atoms with van der Waals surface area (Å²) in [4.78, 5) is 11.2. The van der Waals surface area contributed by atoms with Gasteiger partial charge in [-0.05, 0) is 30.2 Å². The van der Waals surface area contributed by atoms with E-state index in [0.717, 1.165) is 12.1 Å². The quantitative estimate of drug-likeness (QED) is 0.752. The molecule has 90 valence electrons. The van der Waals surface area contributed by atoms with Crippen molar-refractivity contribution < 1.29 is 18.0 Å². The van der Waals surface area contributed by atoms with Gasteiger partial charge in [0.15, 0.2) is 0 Å². The predicted octanol–water partition coefficient (Wildman–Crippen LogP) is 2.61. The van der Waals surface area contributed by atoms with E-state index in [1.807, 2.05) is 0 Å². The van der Waals surface area contributed by atoms with E-state index >= 15 is 0 Å². The average molecular weight is 241 g/mol. The Morgan fingerprint density at radius 1 is 1.18 bits per heavy atom. The molecule has 1 N–H and O–H groups in total. The van der Waals surface area contributed by atoms with Gasteiger partial charge in [0.1, 0.15) is 0 Å². The number of nitrogens with one attached hydrogen (secondary N) is 1. The fourth-order valence-electron chi connectivity index (χ4n) is 1.64. The summed E-state index contributed by atoms with van der Waals surface area (Å²) in [5, 5.41) is 2.64. The minimum absolute atomic E-state index is 0.148. The van der Waals surface area contributed by atoms with Gasteiger partial charge in [0.05, 0.1) is 5.56 Å². The lowest BCUT2D eigenvalue weighted by Gasteiger charge is -2.06. The second-order valence-corrected chi connectivity index (χ2v) is 3.80. The Hall–Kier alpha value is -1.78. The molecule has 1 fully saturated rings. The number of benzene rings is 1. The van der Waals surface area contributed by atoms with Gasteiger partial charge < -0.3 is 5.32 Å². The van der Waals surface area contributed by atoms with Gasteiger partial charge in [-0.3, -0.25) is 4.79 Å². The van der Waals surface area contributed by atoms with Crippen LogP contribution < -0.4 is 5.32 Å². The summed E-state index contributed by atoms with van der Waals surface area (Å²) in [7, 11) is 0. The molecule has 2 rings (SSSR count). The molecule has 0 aromatic heterocycles. The van der Waals surface area contributed by atoms with E-state index in [9.17, 15) is 18.0 Å². The molecule has 0 atom stereocenters. The number of amides is 1. The zero-order chi connectivity index (χ0) is 12.5. The monoisotopic (exact) mass is 241 g/mol. The van der Waals surface area contributed by atoms with Crippen LogP contribution in [-0.4, -0.2) is 12.5 Å². The first-order chi connectivity index (χ1) is 7.97. The number of carbonyl (C=O) groups is 1. The van der Waals surface area contributed by atoms with Gasteiger partial charge in [-0.1, -0.05) is 12.1 Å². The molecule has 1 aromatic rings. The van der Waals surface area contributed by atoms with E-state index in [1.165, 1.54) is 12.1 Å². The Labute approximate surface area is 96.1 Å². The third-order valence-electron chi connectivity index (χ3n) is 2.55. The lowest BCUT2D eigenvalue weighted by Crippen LogP contribution is -2.13. The summed E-state index contributed by atoms with van der Waals surface area (Å²) >= 11 is 0. The highest BCUT2D eigenvalue weighted by Gasteiger charge is 2.29. The molecule has 0 bridgehead atoms. The van der Waals surface area contributed by atoms with Crippen LogP contribution in [-0.2, 0) is 11.0 Å². The van der Waals surface area contributed by atoms with E-state index in [-0.39, 0.29) is 5.91 Å². The standard InChI is InChI=1S/C12H10F3NO/c13-12(14,15)10-3-1-8(2-4-10)7-9-5-6-16-11(9)17/h1-4,7H,5-6H2,(H,16,17). The van der Waals surface area contributed by atoms with Gasteiger partial charge in [-0.15, -0.1) is 0 Å². The van der Waals surface area contributed by atoms with Crippen molar-refractivity contribution in [3.05, 3.63) is 41.0 Å². The Morgan fingerprint density at radius 2 is 1.82 bits per heavy atom. The Kier molecular flexibility index (Phi) is 2.92. The van der Waals surface area contributed by atoms with Crippen LogP contribution in [0.1, 0.15) is 17.5 Å². The van der Waals surface area contributed by atoms with E-state index in [1.54, 1.807) is 6.08 Å². The molecule has 5 heteroatoms. The topological polar surface area (TPSA) is 29.1 Å². The molecular formula is C12H10F3NO. The van der Waals surface area contributed by atoms with Gasteiger partial charge in [0.2, 0.25) is 5.91 Å². The molecule has 1 heterocycles. The molecule has 0 saturated carbocycles. The van der Waals surface area contributed by atoms with Crippen molar-refractivity contribution in [2.45, 2.75) is 12.6 Å². The van der Waals surface area contributed by atoms with Gasteiger partial charge in [0, 0.05) is 12.1 Å². The van der Waals surface area contributed by atoms with Crippen molar-refractivity contribution in [3.8, 4) is 0 Å². The minimum atomic E-state index is -4.32. The van der Waals surface area contributed by atoms with Gasteiger partial charge in [0.25, 0.3) is 0 Å². The van der Waals surface area contributed by atoms with Crippen LogP contribution in [0, 0.1) is 0 Å². The summed E-state index contributed by atoms with van der Waals surface area (Å²) in [5.74, 6) is -0.148. The highest BCUT2D eigenvalue weighted by Crippen LogP contribution is 2.29. The number of carbonyl (C=O) groups excluding carboxylic acids is 1. The van der Waals surface area contributed by atoms with E-state index in [0.29, 0.717) is 24.1 Å². The number of hydrogen-bond acceptors (Lipinski definition) is 1. The first-order valence-electron chi connectivity index (χ1n) is 5.13. The Morgan fingerprint density at radius 3 is 2.29 bits per heavy atom. The second-order valence-electron chi connectivity index (χ2n) is 3.80. The maximum Gasteiger partial charge on any atom is 0.416 e. The van der Waals surface area contributed by atoms with Crippen molar-refractivity contribution in [1.82, 2.24) is 5.32 Å². The van der Waals surface area contributed by atoms with Crippen molar-refractivity contribution in [2.24, 2.45) is 0 Å². The number of hydrogen-bond donors (Lipinski definition) is 1. The maximum atomic E-state index is 12.3. The third kappa shape index (κ3) is 2.67. The number of rotatable bonds is 1. The summed E-state index contributed by atoms with van der Waals surface area (Å²) in [6, 6.07) is 4.75. The van der Waals surface area contributed by atoms with Crippen LogP contribution in [0.4, 0.5) is 13.2 Å². The lowest BCUT2D eigenvalue weighted by atomic mass is 10.1. The number of halogens is 3. The van der Waals surface area contributed by atoms with Crippen LogP contribution in [0.25, 0.3) is 6.08 Å². The first kappa shape index (κ1) is 11.7. The molecule has 17 heavy (non-hydrogen) atoms. The smallest absolute Gasteiger partial charge is 0.352 e. The molecule has 0 aliphatic carbocycles.